The lowest BCUT2D eigenvalue weighted by molar-refractivity contribution is -0.149. The van der Waals surface area contributed by atoms with Gasteiger partial charge in [-0.2, -0.15) is 0 Å². The first-order valence-corrected chi connectivity index (χ1v) is 15.3. The van der Waals surface area contributed by atoms with Crippen LogP contribution in [0.4, 0.5) is 0 Å². The Bertz CT molecular complexity index is 392. The highest BCUT2D eigenvalue weighted by Gasteiger charge is 2.17. The van der Waals surface area contributed by atoms with E-state index in [2.05, 4.69) is 27.7 Å². The average Bonchev–Trinajstić information content (AvgIpc) is 2.82. The number of hydrogen-bond acceptors (Lipinski definition) is 2. The van der Waals surface area contributed by atoms with Crippen LogP contribution in [0.5, 0.6) is 0 Å². The molecule has 0 saturated carbocycles. The van der Waals surface area contributed by atoms with Gasteiger partial charge < -0.3 is 4.74 Å². The van der Waals surface area contributed by atoms with Gasteiger partial charge in [-0.3, -0.25) is 4.79 Å². The second-order valence-electron chi connectivity index (χ2n) is 10.8. The molecule has 198 valence electrons. The monoisotopic (exact) mass is 466 g/mol. The van der Waals surface area contributed by atoms with Gasteiger partial charge in [-0.25, -0.2) is 0 Å². The number of ether oxygens (including phenoxy) is 1. The fourth-order valence-corrected chi connectivity index (χ4v) is 4.78. The Kier molecular flexibility index (Phi) is 25.7. The Labute approximate surface area is 209 Å². The minimum absolute atomic E-state index is 0.0472. The van der Waals surface area contributed by atoms with Gasteiger partial charge in [-0.05, 0) is 25.2 Å². The molecule has 0 aliphatic rings. The number of carbonyl (C=O) groups excluding carboxylic acids is 1. The molecule has 0 rings (SSSR count). The first-order chi connectivity index (χ1) is 16.2. The fourth-order valence-electron chi connectivity index (χ4n) is 4.78. The first kappa shape index (κ1) is 32.5. The second-order valence-corrected chi connectivity index (χ2v) is 10.8. The van der Waals surface area contributed by atoms with E-state index in [1.165, 1.54) is 141 Å². The van der Waals surface area contributed by atoms with E-state index in [0.29, 0.717) is 12.5 Å². The number of carbonyl (C=O) groups is 1. The van der Waals surface area contributed by atoms with E-state index in [9.17, 15) is 4.79 Å². The van der Waals surface area contributed by atoms with Crippen molar-refractivity contribution >= 4 is 5.97 Å². The summed E-state index contributed by atoms with van der Waals surface area (Å²) in [6.45, 7) is 9.54. The van der Waals surface area contributed by atoms with Crippen molar-refractivity contribution in [1.29, 1.82) is 0 Å². The summed E-state index contributed by atoms with van der Waals surface area (Å²) in [5.41, 5.74) is 0. The van der Waals surface area contributed by atoms with Crippen molar-refractivity contribution < 1.29 is 9.53 Å². The van der Waals surface area contributed by atoms with Gasteiger partial charge >= 0.3 is 5.97 Å². The smallest absolute Gasteiger partial charge is 0.308 e. The maximum absolute atomic E-state index is 12.5. The van der Waals surface area contributed by atoms with Crippen molar-refractivity contribution in [3.8, 4) is 0 Å². The average molecular weight is 467 g/mol. The van der Waals surface area contributed by atoms with Crippen LogP contribution in [0.2, 0.25) is 0 Å². The van der Waals surface area contributed by atoms with E-state index in [1.54, 1.807) is 0 Å². The molecule has 0 N–H and O–H groups in total. The van der Waals surface area contributed by atoms with Crippen LogP contribution in [-0.4, -0.2) is 12.6 Å². The molecule has 0 radical (unpaired) electrons. The van der Waals surface area contributed by atoms with Crippen molar-refractivity contribution in [2.45, 2.75) is 175 Å². The lowest BCUT2D eigenvalue weighted by Gasteiger charge is -2.19. The van der Waals surface area contributed by atoms with Crippen molar-refractivity contribution in [3.05, 3.63) is 0 Å². The van der Waals surface area contributed by atoms with Crippen LogP contribution >= 0.6 is 0 Å². The molecule has 0 aliphatic carbocycles. The van der Waals surface area contributed by atoms with E-state index >= 15 is 0 Å². The molecule has 0 amide bonds. The third-order valence-electron chi connectivity index (χ3n) is 7.29. The van der Waals surface area contributed by atoms with Crippen LogP contribution in [0, 0.1) is 11.8 Å². The van der Waals surface area contributed by atoms with Gasteiger partial charge in [0.2, 0.25) is 0 Å². The summed E-state index contributed by atoms with van der Waals surface area (Å²) < 4.78 is 5.81. The molecular weight excluding hydrogens is 404 g/mol. The molecule has 0 spiro atoms. The summed E-state index contributed by atoms with van der Waals surface area (Å²) in [6.07, 6.45) is 30.3. The molecule has 2 nitrogen and oxygen atoms in total. The minimum atomic E-state index is 0.0472. The van der Waals surface area contributed by atoms with Crippen LogP contribution in [0.3, 0.4) is 0 Å². The predicted octanol–water partition coefficient (Wildman–Crippen LogP) is 10.8. The van der Waals surface area contributed by atoms with Crippen LogP contribution < -0.4 is 0 Å². The van der Waals surface area contributed by atoms with E-state index in [4.69, 9.17) is 4.74 Å². The largest absolute Gasteiger partial charge is 0.465 e. The Morgan fingerprint density at radius 2 is 0.848 bits per heavy atom. The van der Waals surface area contributed by atoms with Crippen LogP contribution in [0.15, 0.2) is 0 Å². The summed E-state index contributed by atoms with van der Waals surface area (Å²) in [5, 5.41) is 0. The van der Waals surface area contributed by atoms with Crippen molar-refractivity contribution in [3.63, 3.8) is 0 Å². The molecule has 0 heterocycles. The molecule has 2 unspecified atom stereocenters. The molecule has 2 heteroatoms. The molecule has 0 aliphatic heterocycles. The van der Waals surface area contributed by atoms with E-state index in [0.717, 1.165) is 6.42 Å². The molecule has 0 fully saturated rings. The SMILES string of the molecule is CCCCCCCCCCCCC(C)C(=O)OCC(CCCCC)CCCCCCCCC. The Hall–Kier alpha value is -0.530. The minimum Gasteiger partial charge on any atom is -0.465 e. The normalized spacial score (nSPS) is 13.2. The maximum atomic E-state index is 12.5. The van der Waals surface area contributed by atoms with Crippen molar-refractivity contribution in [2.75, 3.05) is 6.61 Å². The van der Waals surface area contributed by atoms with Gasteiger partial charge in [0, 0.05) is 0 Å². The molecule has 0 aromatic carbocycles. The molecule has 0 aromatic heterocycles. The highest BCUT2D eigenvalue weighted by molar-refractivity contribution is 5.71. The van der Waals surface area contributed by atoms with Crippen LogP contribution in [0.1, 0.15) is 175 Å². The van der Waals surface area contributed by atoms with E-state index < -0.39 is 0 Å². The zero-order valence-electron chi connectivity index (χ0n) is 23.4. The van der Waals surface area contributed by atoms with Gasteiger partial charge in [0.1, 0.15) is 0 Å². The number of hydrogen-bond donors (Lipinski definition) is 0. The number of unbranched alkanes of at least 4 members (excludes halogenated alkanes) is 17. The Morgan fingerprint density at radius 1 is 0.515 bits per heavy atom. The van der Waals surface area contributed by atoms with Gasteiger partial charge in [0.15, 0.2) is 0 Å². The zero-order chi connectivity index (χ0) is 24.4. The van der Waals surface area contributed by atoms with Crippen LogP contribution in [-0.2, 0) is 9.53 Å². The van der Waals surface area contributed by atoms with Gasteiger partial charge in [0.05, 0.1) is 12.5 Å². The molecule has 2 atom stereocenters. The molecular formula is C31H62O2. The van der Waals surface area contributed by atoms with E-state index in [-0.39, 0.29) is 11.9 Å². The lowest BCUT2D eigenvalue weighted by Crippen LogP contribution is -2.19. The number of esters is 1. The van der Waals surface area contributed by atoms with Gasteiger partial charge in [-0.15, -0.1) is 0 Å². The van der Waals surface area contributed by atoms with Gasteiger partial charge in [-0.1, -0.05) is 156 Å². The maximum Gasteiger partial charge on any atom is 0.308 e. The molecule has 33 heavy (non-hydrogen) atoms. The predicted molar refractivity (Wildman–Crippen MR) is 147 cm³/mol. The molecule has 0 bridgehead atoms. The highest BCUT2D eigenvalue weighted by atomic mass is 16.5. The third-order valence-corrected chi connectivity index (χ3v) is 7.29. The summed E-state index contributed by atoms with van der Waals surface area (Å²) in [4.78, 5) is 12.5. The van der Waals surface area contributed by atoms with E-state index in [1.807, 2.05) is 0 Å². The van der Waals surface area contributed by atoms with Gasteiger partial charge in [0.25, 0.3) is 0 Å². The quantitative estimate of drug-likeness (QED) is 0.0935. The zero-order valence-corrected chi connectivity index (χ0v) is 23.4. The Morgan fingerprint density at radius 3 is 1.30 bits per heavy atom. The number of rotatable bonds is 26. The van der Waals surface area contributed by atoms with Crippen molar-refractivity contribution in [2.24, 2.45) is 11.8 Å². The summed E-state index contributed by atoms with van der Waals surface area (Å²) in [5.74, 6) is 0.681. The lowest BCUT2D eigenvalue weighted by atomic mass is 9.95. The third kappa shape index (κ3) is 23.0. The van der Waals surface area contributed by atoms with Crippen LogP contribution in [0.25, 0.3) is 0 Å². The fraction of sp³-hybridized carbons (Fsp3) is 0.968. The Balaban J connectivity index is 3.90. The summed E-state index contributed by atoms with van der Waals surface area (Å²) in [6, 6.07) is 0. The summed E-state index contributed by atoms with van der Waals surface area (Å²) in [7, 11) is 0. The second kappa shape index (κ2) is 26.1. The molecule has 0 saturated heterocycles. The standard InChI is InChI=1S/C31H62O2/c1-5-8-11-13-15-16-17-19-20-23-25-29(4)31(32)33-28-30(26-22-10-7-3)27-24-21-18-14-12-9-6-2/h29-30H,5-28H2,1-4H3. The van der Waals surface area contributed by atoms with Crippen molar-refractivity contribution in [1.82, 2.24) is 0 Å². The molecule has 0 aromatic rings. The topological polar surface area (TPSA) is 26.3 Å². The highest BCUT2D eigenvalue weighted by Crippen LogP contribution is 2.21. The first-order valence-electron chi connectivity index (χ1n) is 15.3. The summed E-state index contributed by atoms with van der Waals surface area (Å²) >= 11 is 0.